The van der Waals surface area contributed by atoms with Gasteiger partial charge < -0.3 is 10.1 Å². The van der Waals surface area contributed by atoms with E-state index in [0.717, 1.165) is 18.2 Å². The van der Waals surface area contributed by atoms with Gasteiger partial charge in [0.05, 0.1) is 0 Å². The average Bonchev–Trinajstić information content (AvgIpc) is 2.34. The monoisotopic (exact) mass is 321 g/mol. The second kappa shape index (κ2) is 8.02. The van der Waals surface area contributed by atoms with Crippen LogP contribution in [0.1, 0.15) is 23.2 Å². The van der Waals surface area contributed by atoms with E-state index in [2.05, 4.69) is 26.0 Å². The summed E-state index contributed by atoms with van der Waals surface area (Å²) in [6, 6.07) is 5.74. The Bertz CT molecular complexity index is 388. The van der Waals surface area contributed by atoms with Crippen LogP contribution < -0.4 is 10.1 Å². The Morgan fingerprint density at radius 1 is 1.39 bits per heavy atom. The fourth-order valence-electron chi connectivity index (χ4n) is 1.34. The standard InChI is InChI=1S/C12H14BrF2NO2/c13-6-1-2-7-16-11(17)9-4-3-5-10(8-9)18-12(14)15/h3-5,8,12H,1-2,6-7H2,(H,16,17). The Hall–Kier alpha value is -1.17. The molecule has 0 saturated heterocycles. The van der Waals surface area contributed by atoms with Gasteiger partial charge >= 0.3 is 6.61 Å². The summed E-state index contributed by atoms with van der Waals surface area (Å²) in [4.78, 5) is 11.7. The first-order chi connectivity index (χ1) is 8.63. The minimum atomic E-state index is -2.89. The van der Waals surface area contributed by atoms with E-state index in [1.54, 1.807) is 6.07 Å². The lowest BCUT2D eigenvalue weighted by Crippen LogP contribution is -2.24. The molecule has 0 aliphatic carbocycles. The number of hydrogen-bond acceptors (Lipinski definition) is 2. The number of rotatable bonds is 7. The third kappa shape index (κ3) is 5.44. The molecule has 0 aliphatic rings. The topological polar surface area (TPSA) is 38.3 Å². The molecule has 0 heterocycles. The summed E-state index contributed by atoms with van der Waals surface area (Å²) in [7, 11) is 0. The second-order valence-electron chi connectivity index (χ2n) is 3.56. The molecule has 1 aromatic rings. The Morgan fingerprint density at radius 2 is 2.17 bits per heavy atom. The average molecular weight is 322 g/mol. The fraction of sp³-hybridized carbons (Fsp3) is 0.417. The lowest BCUT2D eigenvalue weighted by molar-refractivity contribution is -0.0498. The highest BCUT2D eigenvalue weighted by atomic mass is 79.9. The lowest BCUT2D eigenvalue weighted by atomic mass is 10.2. The Kier molecular flexibility index (Phi) is 6.64. The Morgan fingerprint density at radius 3 is 2.83 bits per heavy atom. The van der Waals surface area contributed by atoms with Crippen molar-refractivity contribution in [2.45, 2.75) is 19.5 Å². The van der Waals surface area contributed by atoms with Crippen LogP contribution in [0.3, 0.4) is 0 Å². The van der Waals surface area contributed by atoms with Gasteiger partial charge in [0.25, 0.3) is 5.91 Å². The molecule has 0 fully saturated rings. The maximum Gasteiger partial charge on any atom is 0.387 e. The molecule has 6 heteroatoms. The molecule has 18 heavy (non-hydrogen) atoms. The van der Waals surface area contributed by atoms with Crippen molar-refractivity contribution < 1.29 is 18.3 Å². The summed E-state index contributed by atoms with van der Waals surface area (Å²) in [6.45, 7) is -2.33. The molecular formula is C12H14BrF2NO2. The van der Waals surface area contributed by atoms with Crippen molar-refractivity contribution in [3.05, 3.63) is 29.8 Å². The first-order valence-corrected chi connectivity index (χ1v) is 6.64. The first-order valence-electron chi connectivity index (χ1n) is 5.52. The third-order valence-corrected chi connectivity index (χ3v) is 2.73. The van der Waals surface area contributed by atoms with Crippen molar-refractivity contribution in [1.29, 1.82) is 0 Å². The minimum absolute atomic E-state index is 0.0156. The van der Waals surface area contributed by atoms with Gasteiger partial charge in [-0.15, -0.1) is 0 Å². The SMILES string of the molecule is O=C(NCCCCBr)c1cccc(OC(F)F)c1. The van der Waals surface area contributed by atoms with Crippen LogP contribution in [-0.4, -0.2) is 24.4 Å². The van der Waals surface area contributed by atoms with Crippen LogP contribution in [0.25, 0.3) is 0 Å². The summed E-state index contributed by atoms with van der Waals surface area (Å²) < 4.78 is 28.3. The van der Waals surface area contributed by atoms with E-state index in [9.17, 15) is 13.6 Å². The number of benzene rings is 1. The van der Waals surface area contributed by atoms with E-state index < -0.39 is 6.61 Å². The zero-order valence-corrected chi connectivity index (χ0v) is 11.3. The van der Waals surface area contributed by atoms with Crippen molar-refractivity contribution >= 4 is 21.8 Å². The first kappa shape index (κ1) is 14.9. The zero-order chi connectivity index (χ0) is 13.4. The van der Waals surface area contributed by atoms with Crippen molar-refractivity contribution in [3.63, 3.8) is 0 Å². The van der Waals surface area contributed by atoms with E-state index >= 15 is 0 Å². The van der Waals surface area contributed by atoms with Crippen LogP contribution in [0.4, 0.5) is 8.78 Å². The van der Waals surface area contributed by atoms with Crippen LogP contribution in [0.15, 0.2) is 24.3 Å². The normalized spacial score (nSPS) is 10.4. The van der Waals surface area contributed by atoms with E-state index in [0.29, 0.717) is 12.1 Å². The van der Waals surface area contributed by atoms with Crippen LogP contribution in [0.2, 0.25) is 0 Å². The molecule has 0 atom stereocenters. The van der Waals surface area contributed by atoms with Crippen molar-refractivity contribution in [3.8, 4) is 5.75 Å². The van der Waals surface area contributed by atoms with Crippen molar-refractivity contribution in [2.75, 3.05) is 11.9 Å². The summed E-state index contributed by atoms with van der Waals surface area (Å²) in [5.74, 6) is -0.303. The molecule has 0 aliphatic heterocycles. The Balaban J connectivity index is 2.51. The summed E-state index contributed by atoms with van der Waals surface area (Å²) in [5.41, 5.74) is 0.312. The molecule has 3 nitrogen and oxygen atoms in total. The smallest absolute Gasteiger partial charge is 0.387 e. The Labute approximate surface area is 113 Å². The number of nitrogens with one attached hydrogen (secondary N) is 1. The van der Waals surface area contributed by atoms with Crippen molar-refractivity contribution in [1.82, 2.24) is 5.32 Å². The maximum atomic E-state index is 12.0. The van der Waals surface area contributed by atoms with Crippen LogP contribution in [0, 0.1) is 0 Å². The van der Waals surface area contributed by atoms with Gasteiger partial charge in [-0.3, -0.25) is 4.79 Å². The van der Waals surface area contributed by atoms with Gasteiger partial charge in [-0.2, -0.15) is 8.78 Å². The van der Waals surface area contributed by atoms with Crippen LogP contribution in [-0.2, 0) is 0 Å². The number of hydrogen-bond donors (Lipinski definition) is 1. The molecule has 100 valence electrons. The predicted molar refractivity (Wildman–Crippen MR) is 68.4 cm³/mol. The van der Waals surface area contributed by atoms with E-state index in [1.165, 1.54) is 18.2 Å². The largest absolute Gasteiger partial charge is 0.435 e. The quantitative estimate of drug-likeness (QED) is 0.618. The van der Waals surface area contributed by atoms with E-state index in [1.807, 2.05) is 0 Å². The molecule has 0 spiro atoms. The molecule has 0 unspecified atom stereocenters. The number of halogens is 3. The molecular weight excluding hydrogens is 308 g/mol. The fourth-order valence-corrected chi connectivity index (χ4v) is 1.73. The van der Waals surface area contributed by atoms with Gasteiger partial charge in [0.2, 0.25) is 0 Å². The number of ether oxygens (including phenoxy) is 1. The van der Waals surface area contributed by atoms with E-state index in [4.69, 9.17) is 0 Å². The highest BCUT2D eigenvalue weighted by Gasteiger charge is 2.08. The maximum absolute atomic E-state index is 12.0. The van der Waals surface area contributed by atoms with Gasteiger partial charge in [0.15, 0.2) is 0 Å². The predicted octanol–water partition coefficient (Wildman–Crippen LogP) is 3.19. The minimum Gasteiger partial charge on any atom is -0.435 e. The van der Waals surface area contributed by atoms with Gasteiger partial charge in [-0.25, -0.2) is 0 Å². The van der Waals surface area contributed by atoms with Crippen LogP contribution in [0.5, 0.6) is 5.75 Å². The zero-order valence-electron chi connectivity index (χ0n) is 9.67. The van der Waals surface area contributed by atoms with Gasteiger partial charge in [-0.05, 0) is 31.0 Å². The molecule has 1 rings (SSSR count). The lowest BCUT2D eigenvalue weighted by Gasteiger charge is -2.07. The number of amides is 1. The number of carbonyl (C=O) groups excluding carboxylic acids is 1. The molecule has 0 aromatic heterocycles. The van der Waals surface area contributed by atoms with Gasteiger partial charge in [0, 0.05) is 17.4 Å². The summed E-state index contributed by atoms with van der Waals surface area (Å²) in [6.07, 6.45) is 1.83. The highest BCUT2D eigenvalue weighted by Crippen LogP contribution is 2.15. The van der Waals surface area contributed by atoms with Crippen LogP contribution >= 0.6 is 15.9 Å². The van der Waals surface area contributed by atoms with Gasteiger partial charge in [-0.1, -0.05) is 22.0 Å². The third-order valence-electron chi connectivity index (χ3n) is 2.17. The highest BCUT2D eigenvalue weighted by molar-refractivity contribution is 9.09. The summed E-state index contributed by atoms with van der Waals surface area (Å²) >= 11 is 3.29. The molecule has 0 bridgehead atoms. The summed E-state index contributed by atoms with van der Waals surface area (Å²) in [5, 5.41) is 3.60. The second-order valence-corrected chi connectivity index (χ2v) is 4.35. The molecule has 1 amide bonds. The van der Waals surface area contributed by atoms with Crippen molar-refractivity contribution in [2.24, 2.45) is 0 Å². The molecule has 1 N–H and O–H groups in total. The van der Waals surface area contributed by atoms with Gasteiger partial charge in [0.1, 0.15) is 5.75 Å². The molecule has 1 aromatic carbocycles. The number of alkyl halides is 3. The molecule has 0 radical (unpaired) electrons. The number of carbonyl (C=O) groups is 1. The van der Waals surface area contributed by atoms with E-state index in [-0.39, 0.29) is 11.7 Å². The number of unbranched alkanes of at least 4 members (excludes halogenated alkanes) is 1. The molecule has 0 saturated carbocycles.